The summed E-state index contributed by atoms with van der Waals surface area (Å²) in [6, 6.07) is 8.44. The van der Waals surface area contributed by atoms with E-state index in [1.54, 1.807) is 12.1 Å². The summed E-state index contributed by atoms with van der Waals surface area (Å²) < 4.78 is 38.8. The van der Waals surface area contributed by atoms with E-state index in [0.717, 1.165) is 11.8 Å². The fraction of sp³-hybridized carbons (Fsp3) is 0.188. The summed E-state index contributed by atoms with van der Waals surface area (Å²) in [4.78, 5) is 19.0. The van der Waals surface area contributed by atoms with Gasteiger partial charge in [-0.2, -0.15) is 13.2 Å². The average molecular weight is 350 g/mol. The Bertz CT molecular complexity index is 946. The van der Waals surface area contributed by atoms with Crippen LogP contribution in [-0.2, 0) is 6.18 Å². The molecule has 0 radical (unpaired) electrons. The van der Waals surface area contributed by atoms with Gasteiger partial charge in [0, 0.05) is 31.4 Å². The summed E-state index contributed by atoms with van der Waals surface area (Å²) in [5, 5.41) is 11.1. The minimum absolute atomic E-state index is 0.0341. The Kier molecular flexibility index (Phi) is 3.86. The van der Waals surface area contributed by atoms with Crippen molar-refractivity contribution in [3.63, 3.8) is 0 Å². The maximum absolute atomic E-state index is 12.9. The van der Waals surface area contributed by atoms with Gasteiger partial charge in [-0.1, -0.05) is 0 Å². The van der Waals surface area contributed by atoms with Crippen LogP contribution in [0.1, 0.15) is 5.56 Å². The van der Waals surface area contributed by atoms with Crippen molar-refractivity contribution in [2.75, 3.05) is 19.0 Å². The Morgan fingerprint density at radius 3 is 2.32 bits per heavy atom. The zero-order valence-electron chi connectivity index (χ0n) is 13.3. The van der Waals surface area contributed by atoms with Gasteiger partial charge in [0.25, 0.3) is 5.69 Å². The third kappa shape index (κ3) is 3.12. The Hall–Kier alpha value is -3.10. The normalized spacial score (nSPS) is 11.7. The van der Waals surface area contributed by atoms with Crippen molar-refractivity contribution >= 4 is 22.4 Å². The highest BCUT2D eigenvalue weighted by molar-refractivity contribution is 5.88. The van der Waals surface area contributed by atoms with Crippen molar-refractivity contribution in [3.05, 3.63) is 52.1 Å². The monoisotopic (exact) mass is 350 g/mol. The van der Waals surface area contributed by atoms with E-state index in [0.29, 0.717) is 11.6 Å². The molecule has 1 heterocycles. The number of anilines is 1. The number of nitro benzene ring substituents is 1. The number of imidazole rings is 1. The Morgan fingerprint density at radius 2 is 1.80 bits per heavy atom. The molecule has 0 saturated carbocycles. The fourth-order valence-electron chi connectivity index (χ4n) is 2.46. The molecule has 0 saturated heterocycles. The molecule has 6 nitrogen and oxygen atoms in total. The molecule has 3 rings (SSSR count). The average Bonchev–Trinajstić information content (AvgIpc) is 2.96. The van der Waals surface area contributed by atoms with Gasteiger partial charge in [0.05, 0.1) is 16.0 Å². The van der Waals surface area contributed by atoms with Crippen LogP contribution < -0.4 is 4.90 Å². The highest BCUT2D eigenvalue weighted by Crippen LogP contribution is 2.36. The molecule has 0 bridgehead atoms. The lowest BCUT2D eigenvalue weighted by atomic mass is 10.1. The number of nitro groups is 1. The second-order valence-electron chi connectivity index (χ2n) is 5.67. The Labute approximate surface area is 140 Å². The Balaban J connectivity index is 2.16. The molecular formula is C16H13F3N4O2. The standard InChI is InChI=1S/C16H13F3N4O2/c1-22(2)11-5-3-9(4-6-11)15-20-12-7-10(16(17,18)19)8-13(23(24)25)14(12)21-15/h3-8H,1-2H3,(H,20,21). The van der Waals surface area contributed by atoms with Crippen LogP contribution in [0.2, 0.25) is 0 Å². The zero-order chi connectivity index (χ0) is 18.4. The molecule has 0 amide bonds. The number of aromatic amines is 1. The van der Waals surface area contributed by atoms with E-state index in [2.05, 4.69) is 9.97 Å². The van der Waals surface area contributed by atoms with Crippen LogP contribution in [0.3, 0.4) is 0 Å². The first-order chi connectivity index (χ1) is 11.7. The number of alkyl halides is 3. The predicted molar refractivity (Wildman–Crippen MR) is 87.5 cm³/mol. The van der Waals surface area contributed by atoms with Crippen LogP contribution in [0.25, 0.3) is 22.4 Å². The van der Waals surface area contributed by atoms with Crippen molar-refractivity contribution < 1.29 is 18.1 Å². The summed E-state index contributed by atoms with van der Waals surface area (Å²) in [5.41, 5.74) is -0.366. The molecule has 130 valence electrons. The van der Waals surface area contributed by atoms with Gasteiger partial charge in [0.2, 0.25) is 0 Å². The summed E-state index contributed by atoms with van der Waals surface area (Å²) >= 11 is 0. The topological polar surface area (TPSA) is 75.1 Å². The minimum Gasteiger partial charge on any atom is -0.378 e. The first-order valence-corrected chi connectivity index (χ1v) is 7.20. The molecule has 0 aliphatic rings. The van der Waals surface area contributed by atoms with Gasteiger partial charge in [0.15, 0.2) is 5.52 Å². The number of rotatable bonds is 3. The van der Waals surface area contributed by atoms with Crippen LogP contribution in [0.15, 0.2) is 36.4 Å². The van der Waals surface area contributed by atoms with Gasteiger partial charge in [-0.05, 0) is 30.3 Å². The van der Waals surface area contributed by atoms with Gasteiger partial charge >= 0.3 is 6.18 Å². The van der Waals surface area contributed by atoms with Crippen LogP contribution in [0, 0.1) is 10.1 Å². The highest BCUT2D eigenvalue weighted by atomic mass is 19.4. The Morgan fingerprint density at radius 1 is 1.16 bits per heavy atom. The number of hydrogen-bond acceptors (Lipinski definition) is 4. The number of nitrogens with zero attached hydrogens (tertiary/aromatic N) is 3. The molecule has 25 heavy (non-hydrogen) atoms. The SMILES string of the molecule is CN(C)c1ccc(-c2nc3c([N+](=O)[O-])cc(C(F)(F)F)cc3[nH]2)cc1. The molecule has 9 heteroatoms. The summed E-state index contributed by atoms with van der Waals surface area (Å²) in [7, 11) is 3.75. The first-order valence-electron chi connectivity index (χ1n) is 7.20. The predicted octanol–water partition coefficient (Wildman–Crippen LogP) is 4.22. The van der Waals surface area contributed by atoms with E-state index < -0.39 is 22.4 Å². The van der Waals surface area contributed by atoms with Crippen molar-refractivity contribution in [1.29, 1.82) is 0 Å². The summed E-state index contributed by atoms with van der Waals surface area (Å²) in [5.74, 6) is 0.266. The van der Waals surface area contributed by atoms with E-state index in [-0.39, 0.29) is 16.9 Å². The molecule has 0 spiro atoms. The minimum atomic E-state index is -4.68. The van der Waals surface area contributed by atoms with Gasteiger partial charge < -0.3 is 9.88 Å². The highest BCUT2D eigenvalue weighted by Gasteiger charge is 2.34. The largest absolute Gasteiger partial charge is 0.416 e. The smallest absolute Gasteiger partial charge is 0.378 e. The van der Waals surface area contributed by atoms with Crippen molar-refractivity contribution in [2.45, 2.75) is 6.18 Å². The molecule has 0 unspecified atom stereocenters. The number of H-pyrrole nitrogens is 1. The van der Waals surface area contributed by atoms with Crippen molar-refractivity contribution in [2.24, 2.45) is 0 Å². The molecule has 1 N–H and O–H groups in total. The van der Waals surface area contributed by atoms with Crippen LogP contribution in [0.5, 0.6) is 0 Å². The van der Waals surface area contributed by atoms with E-state index in [4.69, 9.17) is 0 Å². The molecule has 0 atom stereocenters. The quantitative estimate of drug-likeness (QED) is 0.567. The lowest BCUT2D eigenvalue weighted by Crippen LogP contribution is -2.07. The van der Waals surface area contributed by atoms with E-state index >= 15 is 0 Å². The maximum atomic E-state index is 12.9. The lowest BCUT2D eigenvalue weighted by molar-refractivity contribution is -0.383. The van der Waals surface area contributed by atoms with Crippen LogP contribution in [-0.4, -0.2) is 29.0 Å². The van der Waals surface area contributed by atoms with Gasteiger partial charge in [0.1, 0.15) is 5.82 Å². The van der Waals surface area contributed by atoms with E-state index in [9.17, 15) is 23.3 Å². The number of benzene rings is 2. The summed E-state index contributed by atoms with van der Waals surface area (Å²) in [6.07, 6.45) is -4.68. The number of fused-ring (bicyclic) bond motifs is 1. The zero-order valence-corrected chi connectivity index (χ0v) is 13.3. The number of nitrogens with one attached hydrogen (secondary N) is 1. The fourth-order valence-corrected chi connectivity index (χ4v) is 2.46. The second kappa shape index (κ2) is 5.76. The van der Waals surface area contributed by atoms with Crippen molar-refractivity contribution in [3.8, 4) is 11.4 Å². The molecule has 0 aliphatic carbocycles. The summed E-state index contributed by atoms with van der Waals surface area (Å²) in [6.45, 7) is 0. The molecule has 3 aromatic rings. The van der Waals surface area contributed by atoms with Crippen LogP contribution in [0.4, 0.5) is 24.5 Å². The van der Waals surface area contributed by atoms with E-state index in [1.807, 2.05) is 31.1 Å². The molecule has 0 aliphatic heterocycles. The third-order valence-electron chi connectivity index (χ3n) is 3.75. The van der Waals surface area contributed by atoms with Crippen LogP contribution >= 0.6 is 0 Å². The third-order valence-corrected chi connectivity index (χ3v) is 3.75. The van der Waals surface area contributed by atoms with E-state index in [1.165, 1.54) is 0 Å². The molecule has 2 aromatic carbocycles. The first kappa shape index (κ1) is 16.7. The molecule has 1 aromatic heterocycles. The molecular weight excluding hydrogens is 337 g/mol. The van der Waals surface area contributed by atoms with Crippen molar-refractivity contribution in [1.82, 2.24) is 9.97 Å². The van der Waals surface area contributed by atoms with Gasteiger partial charge in [-0.3, -0.25) is 10.1 Å². The number of aromatic nitrogens is 2. The van der Waals surface area contributed by atoms with Gasteiger partial charge in [-0.25, -0.2) is 4.98 Å². The number of non-ortho nitro benzene ring substituents is 1. The number of halogens is 3. The second-order valence-corrected chi connectivity index (χ2v) is 5.67. The van der Waals surface area contributed by atoms with Gasteiger partial charge in [-0.15, -0.1) is 0 Å². The number of hydrogen-bond donors (Lipinski definition) is 1. The maximum Gasteiger partial charge on any atom is 0.416 e. The molecule has 0 fully saturated rings. The lowest BCUT2D eigenvalue weighted by Gasteiger charge is -2.11.